The summed E-state index contributed by atoms with van der Waals surface area (Å²) < 4.78 is 1.46. The summed E-state index contributed by atoms with van der Waals surface area (Å²) in [4.78, 5) is 0. The summed E-state index contributed by atoms with van der Waals surface area (Å²) in [7, 11) is 0. The predicted octanol–water partition coefficient (Wildman–Crippen LogP) is 4.63. The Bertz CT molecular complexity index is 94.9. The molecule has 0 saturated carbocycles. The van der Waals surface area contributed by atoms with E-state index in [1.165, 1.54) is 81.5 Å². The van der Waals surface area contributed by atoms with Crippen LogP contribution >= 0.6 is 0 Å². The fourth-order valence-corrected chi connectivity index (χ4v) is 2.68. The Balaban J connectivity index is 0. The molecule has 0 spiro atoms. The minimum absolute atomic E-state index is 0. The predicted molar refractivity (Wildman–Crippen MR) is 78.8 cm³/mol. The van der Waals surface area contributed by atoms with Gasteiger partial charge < -0.3 is 0 Å². The van der Waals surface area contributed by atoms with E-state index >= 15 is 0 Å². The van der Waals surface area contributed by atoms with Gasteiger partial charge in [-0.2, -0.15) is 0 Å². The molecule has 0 N–H and O–H groups in total. The molecule has 0 rings (SSSR count). The molecule has 0 bridgehead atoms. The summed E-state index contributed by atoms with van der Waals surface area (Å²) in [5.74, 6) is 0. The van der Waals surface area contributed by atoms with E-state index in [1.54, 1.807) is 22.5 Å². The number of hydrogen-bond acceptors (Lipinski definition) is 0. The molecule has 0 fully saturated rings. The SMILES string of the molecule is CCCCCCCCCCCCC[CH2][Sn].[NaH]. The van der Waals surface area contributed by atoms with Crippen molar-refractivity contribution in [3.63, 3.8) is 0 Å². The summed E-state index contributed by atoms with van der Waals surface area (Å²) in [5, 5.41) is 0. The van der Waals surface area contributed by atoms with Crippen molar-refractivity contribution < 1.29 is 0 Å². The van der Waals surface area contributed by atoms with Gasteiger partial charge >= 0.3 is 127 Å². The molecule has 0 heterocycles. The van der Waals surface area contributed by atoms with Crippen LogP contribution in [0.25, 0.3) is 0 Å². The standard InChI is InChI=1S/C14H29.Na.Sn.H/c1-3-5-7-9-11-13-14-12-10-8-6-4-2;;;/h1,3-14H2,2H3;;;. The molecular formula is C14H30NaSn. The number of rotatable bonds is 12. The maximum atomic E-state index is 2.29. The van der Waals surface area contributed by atoms with E-state index in [0.717, 1.165) is 0 Å². The van der Waals surface area contributed by atoms with Crippen molar-refractivity contribution in [2.45, 2.75) is 88.4 Å². The van der Waals surface area contributed by atoms with E-state index in [-0.39, 0.29) is 29.6 Å². The van der Waals surface area contributed by atoms with Crippen LogP contribution in [0.4, 0.5) is 0 Å². The van der Waals surface area contributed by atoms with Crippen molar-refractivity contribution >= 4 is 52.1 Å². The first-order chi connectivity index (χ1) is 7.41. The summed E-state index contributed by atoms with van der Waals surface area (Å²) in [6.07, 6.45) is 17.7. The van der Waals surface area contributed by atoms with Crippen LogP contribution in [0, 0.1) is 0 Å². The van der Waals surface area contributed by atoms with Gasteiger partial charge in [0.15, 0.2) is 0 Å². The molecule has 0 atom stereocenters. The van der Waals surface area contributed by atoms with Crippen molar-refractivity contribution in [2.75, 3.05) is 0 Å². The van der Waals surface area contributed by atoms with E-state index in [2.05, 4.69) is 6.92 Å². The second kappa shape index (κ2) is 19.1. The molecule has 0 amide bonds. The summed E-state index contributed by atoms with van der Waals surface area (Å²) in [6.45, 7) is 2.29. The molecule has 0 aliphatic heterocycles. The molecule has 3 radical (unpaired) electrons. The molecule has 16 heavy (non-hydrogen) atoms. The van der Waals surface area contributed by atoms with Gasteiger partial charge in [-0.05, 0) is 0 Å². The Morgan fingerprint density at radius 3 is 1.19 bits per heavy atom. The molecule has 0 aliphatic carbocycles. The third-order valence-electron chi connectivity index (χ3n) is 3.03. The van der Waals surface area contributed by atoms with Crippen molar-refractivity contribution in [1.82, 2.24) is 0 Å². The third kappa shape index (κ3) is 18.2. The zero-order chi connectivity index (χ0) is 11.2. The monoisotopic (exact) mass is 341 g/mol. The summed E-state index contributed by atoms with van der Waals surface area (Å²) in [5.41, 5.74) is 0. The Morgan fingerprint density at radius 1 is 0.562 bits per heavy atom. The Kier molecular flexibility index (Phi) is 24.1. The van der Waals surface area contributed by atoms with Crippen molar-refractivity contribution in [1.29, 1.82) is 0 Å². The zero-order valence-electron chi connectivity index (χ0n) is 10.7. The van der Waals surface area contributed by atoms with E-state index in [9.17, 15) is 0 Å². The van der Waals surface area contributed by atoms with Gasteiger partial charge in [0.25, 0.3) is 0 Å². The molecule has 0 aromatic rings. The van der Waals surface area contributed by atoms with Gasteiger partial charge in [0, 0.05) is 0 Å². The van der Waals surface area contributed by atoms with E-state index in [0.29, 0.717) is 0 Å². The fraction of sp³-hybridized carbons (Fsp3) is 1.00. The molecule has 0 unspecified atom stereocenters. The average Bonchev–Trinajstić information content (AvgIpc) is 2.26. The minimum atomic E-state index is 0. The van der Waals surface area contributed by atoms with Gasteiger partial charge in [-0.25, -0.2) is 0 Å². The van der Waals surface area contributed by atoms with Crippen molar-refractivity contribution in [2.24, 2.45) is 0 Å². The topological polar surface area (TPSA) is 0 Å². The number of hydrogen-bond donors (Lipinski definition) is 0. The molecule has 0 saturated heterocycles. The van der Waals surface area contributed by atoms with Crippen LogP contribution in [0.3, 0.4) is 0 Å². The Labute approximate surface area is 139 Å². The average molecular weight is 340 g/mol. The van der Waals surface area contributed by atoms with Gasteiger partial charge in [0.05, 0.1) is 0 Å². The fourth-order valence-electron chi connectivity index (χ4n) is 1.97. The van der Waals surface area contributed by atoms with Crippen LogP contribution in [0.15, 0.2) is 0 Å². The van der Waals surface area contributed by atoms with Crippen LogP contribution < -0.4 is 0 Å². The van der Waals surface area contributed by atoms with Crippen molar-refractivity contribution in [3.05, 3.63) is 0 Å². The molecule has 0 nitrogen and oxygen atoms in total. The molecule has 91 valence electrons. The second-order valence-electron chi connectivity index (χ2n) is 4.64. The van der Waals surface area contributed by atoms with Crippen LogP contribution in [0.1, 0.15) is 84.0 Å². The van der Waals surface area contributed by atoms with Crippen LogP contribution in [-0.2, 0) is 0 Å². The van der Waals surface area contributed by atoms with Crippen LogP contribution in [0.5, 0.6) is 0 Å². The van der Waals surface area contributed by atoms with E-state index in [1.807, 2.05) is 0 Å². The Hall–Kier alpha value is 1.80. The zero-order valence-corrected chi connectivity index (χ0v) is 13.5. The maximum absolute atomic E-state index is 2.29. The number of unbranched alkanes of at least 4 members (excludes halogenated alkanes) is 11. The third-order valence-corrected chi connectivity index (χ3v) is 4.04. The first kappa shape index (κ1) is 20.1. The van der Waals surface area contributed by atoms with Gasteiger partial charge in [0.1, 0.15) is 0 Å². The summed E-state index contributed by atoms with van der Waals surface area (Å²) in [6, 6.07) is 0. The van der Waals surface area contributed by atoms with Gasteiger partial charge in [-0.3, -0.25) is 0 Å². The molecule has 0 aromatic carbocycles. The quantitative estimate of drug-likeness (QED) is 0.359. The molecule has 0 aromatic heterocycles. The normalized spacial score (nSPS) is 10.1. The first-order valence-corrected chi connectivity index (χ1v) is 9.08. The van der Waals surface area contributed by atoms with Gasteiger partial charge in [0.2, 0.25) is 0 Å². The Morgan fingerprint density at radius 2 is 0.875 bits per heavy atom. The van der Waals surface area contributed by atoms with Gasteiger partial charge in [-0.15, -0.1) is 0 Å². The van der Waals surface area contributed by atoms with Gasteiger partial charge in [-0.1, -0.05) is 13.3 Å². The molecular weight excluding hydrogens is 310 g/mol. The molecule has 0 aliphatic rings. The van der Waals surface area contributed by atoms with Crippen LogP contribution in [-0.4, -0.2) is 52.1 Å². The van der Waals surface area contributed by atoms with E-state index in [4.69, 9.17) is 0 Å². The van der Waals surface area contributed by atoms with Crippen molar-refractivity contribution in [3.8, 4) is 0 Å². The summed E-state index contributed by atoms with van der Waals surface area (Å²) >= 11 is 1.72. The van der Waals surface area contributed by atoms with Crippen LogP contribution in [0.2, 0.25) is 4.44 Å². The first-order valence-electron chi connectivity index (χ1n) is 7.06. The second-order valence-corrected chi connectivity index (χ2v) is 6.07. The van der Waals surface area contributed by atoms with E-state index < -0.39 is 0 Å². The molecule has 2 heteroatoms.